The molecule has 0 fully saturated rings. The topological polar surface area (TPSA) is 134 Å². The lowest BCUT2D eigenvalue weighted by molar-refractivity contribution is -0.117. The van der Waals surface area contributed by atoms with Crippen molar-refractivity contribution in [3.05, 3.63) is 45.1 Å². The Labute approximate surface area is 186 Å². The van der Waals surface area contributed by atoms with E-state index in [4.69, 9.17) is 5.73 Å². The Hall–Kier alpha value is -3.56. The van der Waals surface area contributed by atoms with E-state index in [0.29, 0.717) is 18.7 Å². The fourth-order valence-electron chi connectivity index (χ4n) is 3.76. The molecule has 10 nitrogen and oxygen atoms in total. The highest BCUT2D eigenvalue weighted by Gasteiger charge is 2.28. The molecule has 0 spiro atoms. The Morgan fingerprint density at radius 1 is 1.22 bits per heavy atom. The molecule has 172 valence electrons. The van der Waals surface area contributed by atoms with Gasteiger partial charge in [-0.1, -0.05) is 39.3 Å². The quantitative estimate of drug-likeness (QED) is 0.565. The molecule has 0 radical (unpaired) electrons. The zero-order chi connectivity index (χ0) is 23.4. The van der Waals surface area contributed by atoms with E-state index in [-0.39, 0.29) is 48.9 Å². The first-order chi connectivity index (χ1) is 15.2. The summed E-state index contributed by atoms with van der Waals surface area (Å²) in [5.74, 6) is -0.528. The predicted molar refractivity (Wildman–Crippen MR) is 125 cm³/mol. The third-order valence-electron chi connectivity index (χ3n) is 5.25. The summed E-state index contributed by atoms with van der Waals surface area (Å²) in [5.41, 5.74) is 6.26. The number of benzene rings is 1. The number of rotatable bonds is 8. The third kappa shape index (κ3) is 4.84. The maximum absolute atomic E-state index is 13.4. The zero-order valence-electron chi connectivity index (χ0n) is 18.7. The van der Waals surface area contributed by atoms with Crippen molar-refractivity contribution < 1.29 is 9.59 Å². The molecule has 1 aromatic carbocycles. The lowest BCUT2D eigenvalue weighted by atomic mass is 10.2. The van der Waals surface area contributed by atoms with Crippen LogP contribution in [0.1, 0.15) is 33.6 Å². The minimum Gasteiger partial charge on any atom is -0.383 e. The van der Waals surface area contributed by atoms with Gasteiger partial charge in [-0.05, 0) is 24.5 Å². The van der Waals surface area contributed by atoms with Crippen LogP contribution in [0.5, 0.6) is 0 Å². The Morgan fingerprint density at radius 3 is 2.62 bits per heavy atom. The van der Waals surface area contributed by atoms with Crippen LogP contribution in [-0.2, 0) is 16.1 Å². The largest absolute Gasteiger partial charge is 0.383 e. The molecule has 4 N–H and O–H groups in total. The first-order valence-electron chi connectivity index (χ1n) is 10.8. The maximum atomic E-state index is 13.4. The van der Waals surface area contributed by atoms with E-state index in [2.05, 4.69) is 10.3 Å². The molecule has 32 heavy (non-hydrogen) atoms. The number of unbranched alkanes of at least 4 members (excludes halogenated alkanes) is 1. The third-order valence-corrected chi connectivity index (χ3v) is 5.25. The Morgan fingerprint density at radius 2 is 1.94 bits per heavy atom. The summed E-state index contributed by atoms with van der Waals surface area (Å²) in [5, 5.41) is 2.79. The number of nitrogens with zero attached hydrogens (tertiary/aromatic N) is 3. The Balaban J connectivity index is 1.99. The van der Waals surface area contributed by atoms with Gasteiger partial charge in [0.2, 0.25) is 11.8 Å². The molecule has 1 aliphatic heterocycles. The molecular formula is C22H30N6O4. The normalized spacial score (nSPS) is 13.1. The van der Waals surface area contributed by atoms with E-state index in [1.54, 1.807) is 17.0 Å². The summed E-state index contributed by atoms with van der Waals surface area (Å²) in [6, 6.07) is 7.22. The van der Waals surface area contributed by atoms with Gasteiger partial charge in [-0.3, -0.25) is 23.9 Å². The number of nitrogens with two attached hydrogens (primary N) is 1. The van der Waals surface area contributed by atoms with Crippen LogP contribution in [0.25, 0.3) is 0 Å². The summed E-state index contributed by atoms with van der Waals surface area (Å²) in [7, 11) is 0. The standard InChI is InChI=1S/C22H30N6O4/c1-4-5-10-27(19-20(23)28(11-14(2)3)22(32)25-21(19)31)18(30)13-26-12-17(29)24-15-8-6-7-9-16(15)26/h6-9,14H,4-5,10-13,23H2,1-3H3,(H,24,29)(H,25,31,32). The summed E-state index contributed by atoms with van der Waals surface area (Å²) in [6.07, 6.45) is 1.44. The lowest BCUT2D eigenvalue weighted by Crippen LogP contribution is -2.48. The second kappa shape index (κ2) is 9.71. The molecule has 2 aromatic rings. The Kier molecular flexibility index (Phi) is 7.01. The number of aromatic nitrogens is 2. The number of nitrogens with one attached hydrogen (secondary N) is 2. The number of carbonyl (C=O) groups excluding carboxylic acids is 2. The maximum Gasteiger partial charge on any atom is 0.330 e. The molecule has 0 saturated carbocycles. The second-order valence-electron chi connectivity index (χ2n) is 8.32. The van der Waals surface area contributed by atoms with Crippen molar-refractivity contribution in [1.82, 2.24) is 9.55 Å². The molecule has 1 aromatic heterocycles. The van der Waals surface area contributed by atoms with Crippen LogP contribution >= 0.6 is 0 Å². The van der Waals surface area contributed by atoms with Crippen molar-refractivity contribution in [2.45, 2.75) is 40.2 Å². The van der Waals surface area contributed by atoms with Crippen LogP contribution in [0.3, 0.4) is 0 Å². The molecule has 0 unspecified atom stereocenters. The van der Waals surface area contributed by atoms with Crippen molar-refractivity contribution in [2.75, 3.05) is 40.5 Å². The van der Waals surface area contributed by atoms with E-state index >= 15 is 0 Å². The molecule has 0 bridgehead atoms. The van der Waals surface area contributed by atoms with Gasteiger partial charge in [-0.2, -0.15) is 0 Å². The predicted octanol–water partition coefficient (Wildman–Crippen LogP) is 1.37. The van der Waals surface area contributed by atoms with Gasteiger partial charge in [0, 0.05) is 13.1 Å². The van der Waals surface area contributed by atoms with Crippen molar-refractivity contribution >= 4 is 34.7 Å². The van der Waals surface area contributed by atoms with Crippen LogP contribution in [0, 0.1) is 5.92 Å². The van der Waals surface area contributed by atoms with Crippen LogP contribution in [0.2, 0.25) is 0 Å². The highest BCUT2D eigenvalue weighted by molar-refractivity contribution is 6.04. The van der Waals surface area contributed by atoms with Gasteiger partial charge in [0.15, 0.2) is 5.69 Å². The Bertz CT molecular complexity index is 1120. The molecule has 1 aliphatic rings. The van der Waals surface area contributed by atoms with Crippen molar-refractivity contribution in [3.63, 3.8) is 0 Å². The average Bonchev–Trinajstić information content (AvgIpc) is 2.73. The van der Waals surface area contributed by atoms with Crippen LogP contribution in [0.15, 0.2) is 33.9 Å². The lowest BCUT2D eigenvalue weighted by Gasteiger charge is -2.32. The van der Waals surface area contributed by atoms with Gasteiger partial charge in [-0.25, -0.2) is 4.79 Å². The monoisotopic (exact) mass is 442 g/mol. The van der Waals surface area contributed by atoms with Gasteiger partial charge in [0.05, 0.1) is 24.5 Å². The molecule has 0 atom stereocenters. The molecule has 2 amide bonds. The van der Waals surface area contributed by atoms with Crippen LogP contribution in [-0.4, -0.2) is 41.0 Å². The number of amides is 2. The molecule has 3 rings (SSSR count). The zero-order valence-corrected chi connectivity index (χ0v) is 18.7. The number of fused-ring (bicyclic) bond motifs is 1. The SMILES string of the molecule is CCCCN(C(=O)CN1CC(=O)Nc2ccccc21)c1c(N)n(CC(C)C)c(=O)[nH]c1=O. The molecular weight excluding hydrogens is 412 g/mol. The van der Waals surface area contributed by atoms with Gasteiger partial charge in [0.1, 0.15) is 5.82 Å². The van der Waals surface area contributed by atoms with E-state index in [9.17, 15) is 19.2 Å². The molecule has 10 heteroatoms. The number of para-hydroxylation sites is 2. The van der Waals surface area contributed by atoms with E-state index in [0.717, 1.165) is 12.1 Å². The second-order valence-corrected chi connectivity index (χ2v) is 8.32. The number of hydrogen-bond acceptors (Lipinski definition) is 6. The van der Waals surface area contributed by atoms with Crippen molar-refractivity contribution in [1.29, 1.82) is 0 Å². The molecule has 0 saturated heterocycles. The highest BCUT2D eigenvalue weighted by atomic mass is 16.2. The highest BCUT2D eigenvalue weighted by Crippen LogP contribution is 2.29. The fraction of sp³-hybridized carbons (Fsp3) is 0.455. The van der Waals surface area contributed by atoms with Gasteiger partial charge < -0.3 is 20.9 Å². The van der Waals surface area contributed by atoms with Gasteiger partial charge >= 0.3 is 5.69 Å². The van der Waals surface area contributed by atoms with Crippen LogP contribution < -0.4 is 32.1 Å². The first-order valence-corrected chi connectivity index (χ1v) is 10.8. The first kappa shape index (κ1) is 23.1. The van der Waals surface area contributed by atoms with E-state index in [1.165, 1.54) is 9.47 Å². The van der Waals surface area contributed by atoms with Crippen molar-refractivity contribution in [3.8, 4) is 0 Å². The average molecular weight is 443 g/mol. The number of anilines is 4. The number of hydrogen-bond donors (Lipinski definition) is 3. The van der Waals surface area contributed by atoms with E-state index < -0.39 is 11.2 Å². The number of H-pyrrole nitrogens is 1. The summed E-state index contributed by atoms with van der Waals surface area (Å²) < 4.78 is 1.29. The minimum atomic E-state index is -0.700. The number of aromatic amines is 1. The molecule has 2 heterocycles. The van der Waals surface area contributed by atoms with Crippen LogP contribution in [0.4, 0.5) is 22.9 Å². The minimum absolute atomic E-state index is 0.0169. The number of carbonyl (C=O) groups is 2. The summed E-state index contributed by atoms with van der Waals surface area (Å²) in [4.78, 5) is 55.9. The van der Waals surface area contributed by atoms with E-state index in [1.807, 2.05) is 32.9 Å². The number of nitrogen functional groups attached to an aromatic ring is 1. The fourth-order valence-corrected chi connectivity index (χ4v) is 3.76. The smallest absolute Gasteiger partial charge is 0.330 e. The van der Waals surface area contributed by atoms with Gasteiger partial charge in [0.25, 0.3) is 5.56 Å². The summed E-state index contributed by atoms with van der Waals surface area (Å²) >= 11 is 0. The molecule has 0 aliphatic carbocycles. The van der Waals surface area contributed by atoms with Gasteiger partial charge in [-0.15, -0.1) is 0 Å². The summed E-state index contributed by atoms with van der Waals surface area (Å²) in [6.45, 7) is 6.31. The van der Waals surface area contributed by atoms with Crippen molar-refractivity contribution in [2.24, 2.45) is 5.92 Å².